The molecular formula is C29H26ClN5O4. The lowest BCUT2D eigenvalue weighted by molar-refractivity contribution is -0.0958. The number of nitrogens with one attached hydrogen (secondary N) is 1. The van der Waals surface area contributed by atoms with Gasteiger partial charge in [-0.25, -0.2) is 9.97 Å². The maximum Gasteiger partial charge on any atom is 0.296 e. The monoisotopic (exact) mass is 543 g/mol. The molecule has 1 saturated heterocycles. The molecule has 1 aliphatic rings. The molecule has 198 valence electrons. The first kappa shape index (κ1) is 25.2. The van der Waals surface area contributed by atoms with Crippen molar-refractivity contribution in [1.29, 1.82) is 0 Å². The van der Waals surface area contributed by atoms with Gasteiger partial charge >= 0.3 is 0 Å². The fraction of sp³-hybridized carbons (Fsp3) is 0.241. The second-order valence-corrected chi connectivity index (χ2v) is 10.0. The largest absolute Gasteiger partial charge is 0.493 e. The summed E-state index contributed by atoms with van der Waals surface area (Å²) in [6.07, 6.45) is 1.97. The Morgan fingerprint density at radius 3 is 2.33 bits per heavy atom. The van der Waals surface area contributed by atoms with Crippen LogP contribution in [-0.2, 0) is 4.74 Å². The molecule has 4 heterocycles. The average Bonchev–Trinajstić information content (AvgIpc) is 3.34. The molecule has 10 heteroatoms. The van der Waals surface area contributed by atoms with Gasteiger partial charge in [-0.05, 0) is 29.5 Å². The van der Waals surface area contributed by atoms with E-state index in [0.717, 1.165) is 28.7 Å². The van der Waals surface area contributed by atoms with Crippen molar-refractivity contribution < 1.29 is 19.7 Å². The van der Waals surface area contributed by atoms with Crippen LogP contribution in [0.25, 0.3) is 44.9 Å². The zero-order valence-corrected chi connectivity index (χ0v) is 21.8. The third-order valence-electron chi connectivity index (χ3n) is 6.90. The zero-order chi connectivity index (χ0) is 26.9. The summed E-state index contributed by atoms with van der Waals surface area (Å²) < 4.78 is 11.7. The molecule has 6 rings (SSSR count). The number of nitrogens with zero attached hydrogens (tertiary/aromatic N) is 4. The van der Waals surface area contributed by atoms with Gasteiger partial charge in [0.2, 0.25) is 5.88 Å². The lowest BCUT2D eigenvalue weighted by atomic mass is 9.95. The number of pyridine rings is 1. The predicted octanol–water partition coefficient (Wildman–Crippen LogP) is 5.27. The van der Waals surface area contributed by atoms with Crippen LogP contribution in [0, 0.1) is 5.92 Å². The minimum atomic E-state index is -0.160. The Balaban J connectivity index is 1.19. The Labute approximate surface area is 229 Å². The van der Waals surface area contributed by atoms with Crippen LogP contribution in [-0.4, -0.2) is 60.6 Å². The highest BCUT2D eigenvalue weighted by Crippen LogP contribution is 2.32. The van der Waals surface area contributed by atoms with Gasteiger partial charge in [0.15, 0.2) is 11.5 Å². The zero-order valence-electron chi connectivity index (χ0n) is 21.1. The first-order chi connectivity index (χ1) is 19.0. The van der Waals surface area contributed by atoms with Crippen molar-refractivity contribution >= 4 is 22.8 Å². The quantitative estimate of drug-likeness (QED) is 0.264. The van der Waals surface area contributed by atoms with E-state index < -0.39 is 0 Å². The summed E-state index contributed by atoms with van der Waals surface area (Å²) in [5.74, 6) is 0.594. The van der Waals surface area contributed by atoms with Crippen LogP contribution in [0.2, 0.25) is 5.02 Å². The number of aromatic hydroxyl groups is 1. The minimum absolute atomic E-state index is 0.00673. The molecule has 2 aromatic carbocycles. The van der Waals surface area contributed by atoms with Crippen molar-refractivity contribution in [2.24, 2.45) is 5.92 Å². The number of rotatable bonds is 6. The number of ether oxygens (including phenoxy) is 2. The summed E-state index contributed by atoms with van der Waals surface area (Å²) in [4.78, 5) is 20.6. The summed E-state index contributed by atoms with van der Waals surface area (Å²) >= 11 is 6.61. The van der Waals surface area contributed by atoms with Gasteiger partial charge < -0.3 is 24.7 Å². The molecule has 0 bridgehead atoms. The van der Waals surface area contributed by atoms with Crippen molar-refractivity contribution in [3.05, 3.63) is 71.9 Å². The minimum Gasteiger partial charge on any atom is -0.493 e. The second-order valence-electron chi connectivity index (χ2n) is 9.63. The third kappa shape index (κ3) is 5.29. The smallest absolute Gasteiger partial charge is 0.296 e. The Bertz CT molecular complexity index is 1610. The van der Waals surface area contributed by atoms with Gasteiger partial charge in [-0.15, -0.1) is 0 Å². The van der Waals surface area contributed by atoms with Gasteiger partial charge in [0, 0.05) is 23.4 Å². The van der Waals surface area contributed by atoms with Crippen molar-refractivity contribution in [2.45, 2.75) is 25.6 Å². The molecule has 39 heavy (non-hydrogen) atoms. The maximum absolute atomic E-state index is 9.61. The Kier molecular flexibility index (Phi) is 6.86. The van der Waals surface area contributed by atoms with Crippen molar-refractivity contribution in [2.75, 3.05) is 13.2 Å². The molecular weight excluding hydrogens is 518 g/mol. The lowest BCUT2D eigenvalue weighted by Gasteiger charge is -2.32. The van der Waals surface area contributed by atoms with Crippen LogP contribution in [0.3, 0.4) is 0 Å². The van der Waals surface area contributed by atoms with Gasteiger partial charge in [-0.3, -0.25) is 0 Å². The van der Waals surface area contributed by atoms with Gasteiger partial charge in [-0.1, -0.05) is 67.1 Å². The van der Waals surface area contributed by atoms with E-state index in [0.29, 0.717) is 40.3 Å². The molecule has 5 aromatic rings. The number of imidazole rings is 1. The van der Waals surface area contributed by atoms with E-state index in [4.69, 9.17) is 26.1 Å². The van der Waals surface area contributed by atoms with E-state index in [1.54, 1.807) is 6.07 Å². The summed E-state index contributed by atoms with van der Waals surface area (Å²) in [7, 11) is 0. The molecule has 0 unspecified atom stereocenters. The van der Waals surface area contributed by atoms with Crippen molar-refractivity contribution in [1.82, 2.24) is 24.9 Å². The molecule has 0 saturated carbocycles. The first-order valence-corrected chi connectivity index (χ1v) is 13.0. The van der Waals surface area contributed by atoms with Gasteiger partial charge in [0.05, 0.1) is 35.6 Å². The fourth-order valence-electron chi connectivity index (χ4n) is 4.78. The molecule has 3 atom stereocenters. The number of benzene rings is 2. The van der Waals surface area contributed by atoms with E-state index >= 15 is 0 Å². The van der Waals surface area contributed by atoms with Crippen molar-refractivity contribution in [3.63, 3.8) is 0 Å². The molecule has 1 fully saturated rings. The molecule has 3 N–H and O–H groups in total. The number of halogens is 1. The summed E-state index contributed by atoms with van der Waals surface area (Å²) in [5, 5.41) is 19.5. The Hall–Kier alpha value is -4.05. The summed E-state index contributed by atoms with van der Waals surface area (Å²) in [6.45, 7) is 2.44. The molecule has 0 spiro atoms. The second kappa shape index (κ2) is 10.6. The van der Waals surface area contributed by atoms with E-state index in [1.165, 1.54) is 12.3 Å². The standard InChI is InChI=1S/C29H26ClN5O4/c1-16-12-21(15-38-24(16)14-36)39-29-32-23-13-22(30)26(34-28(23)35-29)19-6-2-17(3-7-19)18-4-8-20(9-5-18)27-31-11-10-25(37)33-27/h2-11,13,16,21,24,36H,12,14-15H2,1H3,(H,31,33,37)(H,32,34,35)/t16-,21+,24+/m0/s1. The Morgan fingerprint density at radius 1 is 0.974 bits per heavy atom. The molecule has 9 nitrogen and oxygen atoms in total. The van der Waals surface area contributed by atoms with Crippen LogP contribution >= 0.6 is 11.6 Å². The van der Waals surface area contributed by atoms with E-state index in [-0.39, 0.29) is 30.6 Å². The number of fused-ring (bicyclic) bond motifs is 1. The molecule has 0 radical (unpaired) electrons. The molecule has 0 amide bonds. The van der Waals surface area contributed by atoms with Crippen LogP contribution < -0.4 is 4.74 Å². The number of hydrogen-bond donors (Lipinski definition) is 3. The molecule has 1 aliphatic heterocycles. The number of aliphatic hydroxyl groups is 1. The highest BCUT2D eigenvalue weighted by molar-refractivity contribution is 6.33. The maximum atomic E-state index is 9.61. The van der Waals surface area contributed by atoms with Gasteiger partial charge in [0.1, 0.15) is 6.10 Å². The van der Waals surface area contributed by atoms with Crippen LogP contribution in [0.4, 0.5) is 0 Å². The van der Waals surface area contributed by atoms with Crippen LogP contribution in [0.15, 0.2) is 66.9 Å². The number of hydrogen-bond acceptors (Lipinski definition) is 8. The topological polar surface area (TPSA) is 126 Å². The highest BCUT2D eigenvalue weighted by atomic mass is 35.5. The first-order valence-electron chi connectivity index (χ1n) is 12.7. The van der Waals surface area contributed by atoms with E-state index in [1.807, 2.05) is 55.5 Å². The normalized spacial score (nSPS) is 19.3. The Morgan fingerprint density at radius 2 is 1.67 bits per heavy atom. The molecule has 0 aliphatic carbocycles. The number of aliphatic hydroxyl groups excluding tert-OH is 1. The summed E-state index contributed by atoms with van der Waals surface area (Å²) in [6, 6.07) is 19.4. The van der Waals surface area contributed by atoms with Crippen LogP contribution in [0.5, 0.6) is 11.9 Å². The van der Waals surface area contributed by atoms with E-state index in [2.05, 4.69) is 19.9 Å². The van der Waals surface area contributed by atoms with Crippen LogP contribution in [0.1, 0.15) is 13.3 Å². The summed E-state index contributed by atoms with van der Waals surface area (Å²) in [5.41, 5.74) is 5.57. The molecule has 3 aromatic heterocycles. The lowest BCUT2D eigenvalue weighted by Crippen LogP contribution is -2.40. The average molecular weight is 544 g/mol. The fourth-order valence-corrected chi connectivity index (χ4v) is 5.04. The highest BCUT2D eigenvalue weighted by Gasteiger charge is 2.29. The van der Waals surface area contributed by atoms with Crippen molar-refractivity contribution in [3.8, 4) is 45.7 Å². The number of aromatic nitrogens is 5. The number of H-pyrrole nitrogens is 1. The predicted molar refractivity (Wildman–Crippen MR) is 147 cm³/mol. The third-order valence-corrected chi connectivity index (χ3v) is 7.19. The van der Waals surface area contributed by atoms with Gasteiger partial charge in [0.25, 0.3) is 6.01 Å². The SMILES string of the molecule is C[C@H]1C[C@@H](Oc2nc3nc(-c4ccc(-c5ccc(-c6nccc(O)n6)cc5)cc4)c(Cl)cc3[nH]2)CO[C@@H]1CO. The van der Waals surface area contributed by atoms with Gasteiger partial charge in [-0.2, -0.15) is 9.97 Å². The number of aromatic amines is 1. The van der Waals surface area contributed by atoms with E-state index in [9.17, 15) is 10.2 Å².